The van der Waals surface area contributed by atoms with Crippen molar-refractivity contribution in [2.75, 3.05) is 25.0 Å². The number of likely N-dealkylation sites (tertiary alicyclic amines) is 1. The summed E-state index contributed by atoms with van der Waals surface area (Å²) in [5.41, 5.74) is 2.10. The van der Waals surface area contributed by atoms with Gasteiger partial charge in [0.1, 0.15) is 24.2 Å². The van der Waals surface area contributed by atoms with Crippen LogP contribution in [0.3, 0.4) is 0 Å². The van der Waals surface area contributed by atoms with Crippen LogP contribution in [0.5, 0.6) is 0 Å². The molecule has 0 bridgehead atoms. The lowest BCUT2D eigenvalue weighted by Gasteiger charge is -2.27. The number of hydrogen-bond donors (Lipinski definition) is 3. The van der Waals surface area contributed by atoms with Gasteiger partial charge in [0.25, 0.3) is 0 Å². The number of aliphatic imine (C=N–C) groups is 2. The topological polar surface area (TPSA) is 96.0 Å². The average Bonchev–Trinajstić information content (AvgIpc) is 3.10. The van der Waals surface area contributed by atoms with Crippen LogP contribution in [0, 0.1) is 24.2 Å². The Kier molecular flexibility index (Phi) is 6.73. The molecule has 0 aliphatic carbocycles. The van der Waals surface area contributed by atoms with Crippen LogP contribution in [0.4, 0.5) is 10.1 Å². The van der Waals surface area contributed by atoms with Crippen LogP contribution in [-0.2, 0) is 0 Å². The van der Waals surface area contributed by atoms with Gasteiger partial charge in [0.15, 0.2) is 0 Å². The minimum absolute atomic E-state index is 0.219. The van der Waals surface area contributed by atoms with E-state index in [9.17, 15) is 14.8 Å². The van der Waals surface area contributed by atoms with Gasteiger partial charge < -0.3 is 15.7 Å². The molecule has 3 rings (SSSR count). The van der Waals surface area contributed by atoms with Crippen LogP contribution in [0.2, 0.25) is 5.02 Å². The Morgan fingerprint density at radius 1 is 1.55 bits per heavy atom. The first-order chi connectivity index (χ1) is 13.8. The van der Waals surface area contributed by atoms with E-state index in [0.717, 1.165) is 5.56 Å². The zero-order chi connectivity index (χ0) is 21.1. The summed E-state index contributed by atoms with van der Waals surface area (Å²) in [6.07, 6.45) is -1.37. The molecule has 3 N–H and O–H groups in total. The third-order valence-electron chi connectivity index (χ3n) is 5.22. The van der Waals surface area contributed by atoms with Crippen LogP contribution in [0.1, 0.15) is 37.6 Å². The van der Waals surface area contributed by atoms with E-state index >= 15 is 0 Å². The number of guanidine groups is 1. The predicted octanol–water partition coefficient (Wildman–Crippen LogP) is 3.00. The van der Waals surface area contributed by atoms with Gasteiger partial charge in [-0.05, 0) is 50.5 Å². The molecule has 0 aromatic heterocycles. The number of anilines is 1. The molecule has 0 radical (unpaired) electrons. The number of halogens is 2. The Morgan fingerprint density at radius 3 is 2.93 bits per heavy atom. The summed E-state index contributed by atoms with van der Waals surface area (Å²) in [6.45, 7) is 6.93. The highest BCUT2D eigenvalue weighted by atomic mass is 35.5. The predicted molar refractivity (Wildman–Crippen MR) is 113 cm³/mol. The normalized spacial score (nSPS) is 27.3. The summed E-state index contributed by atoms with van der Waals surface area (Å²) in [7, 11) is 0. The molecule has 1 saturated heterocycles. The highest BCUT2D eigenvalue weighted by Crippen LogP contribution is 2.32. The number of nitrogens with one attached hydrogen (secondary N) is 2. The molecule has 156 valence electrons. The van der Waals surface area contributed by atoms with Gasteiger partial charge >= 0.3 is 0 Å². The molecular weight excluding hydrogens is 395 g/mol. The largest absolute Gasteiger partial charge is 0.374 e. The van der Waals surface area contributed by atoms with E-state index in [1.165, 1.54) is 0 Å². The van der Waals surface area contributed by atoms with Crippen LogP contribution >= 0.6 is 11.6 Å². The van der Waals surface area contributed by atoms with Crippen molar-refractivity contribution in [2.45, 2.75) is 45.6 Å². The number of nitrogens with zero attached hydrogens (tertiary/aromatic N) is 4. The van der Waals surface area contributed by atoms with Gasteiger partial charge in [-0.3, -0.25) is 9.89 Å². The summed E-state index contributed by atoms with van der Waals surface area (Å²) in [5, 5.41) is 26.7. The zero-order valence-corrected chi connectivity index (χ0v) is 17.5. The van der Waals surface area contributed by atoms with Gasteiger partial charge in [-0.2, -0.15) is 5.26 Å². The fourth-order valence-electron chi connectivity index (χ4n) is 3.64. The van der Waals surface area contributed by atoms with E-state index in [0.29, 0.717) is 47.6 Å². The molecule has 9 heteroatoms. The molecule has 7 nitrogen and oxygen atoms in total. The Balaban J connectivity index is 1.81. The number of alkyl halides is 1. The molecule has 1 aromatic carbocycles. The molecule has 2 heterocycles. The highest BCUT2D eigenvalue weighted by molar-refractivity contribution is 6.34. The third-order valence-corrected chi connectivity index (χ3v) is 5.53. The first-order valence-corrected chi connectivity index (χ1v) is 10.1. The number of aliphatic hydroxyl groups is 1. The summed E-state index contributed by atoms with van der Waals surface area (Å²) in [6, 6.07) is 5.50. The molecule has 4 unspecified atom stereocenters. The van der Waals surface area contributed by atoms with Crippen molar-refractivity contribution in [1.29, 1.82) is 5.26 Å². The first-order valence-electron chi connectivity index (χ1n) is 9.76. The third kappa shape index (κ3) is 4.69. The highest BCUT2D eigenvalue weighted by Gasteiger charge is 2.30. The SMILES string of the molecule is CCN=C1NC(Nc2cc(C)c(C(O)N3CCC(F)C3)cc2Cl)=NC(C)C1C#N. The molecule has 0 spiro atoms. The Hall–Kier alpha value is -2.21. The number of hydrogen-bond acceptors (Lipinski definition) is 6. The van der Waals surface area contributed by atoms with Crippen molar-refractivity contribution in [1.82, 2.24) is 10.2 Å². The van der Waals surface area contributed by atoms with E-state index in [2.05, 4.69) is 26.7 Å². The summed E-state index contributed by atoms with van der Waals surface area (Å²) >= 11 is 6.46. The van der Waals surface area contributed by atoms with Crippen molar-refractivity contribution >= 4 is 29.1 Å². The van der Waals surface area contributed by atoms with Gasteiger partial charge in [0, 0.05) is 19.6 Å². The van der Waals surface area contributed by atoms with E-state index < -0.39 is 18.3 Å². The zero-order valence-electron chi connectivity index (χ0n) is 16.8. The molecule has 0 amide bonds. The molecular formula is C20H26ClFN6O. The van der Waals surface area contributed by atoms with E-state index in [4.69, 9.17) is 11.6 Å². The average molecular weight is 421 g/mol. The second kappa shape index (κ2) is 9.08. The summed E-state index contributed by atoms with van der Waals surface area (Å²) in [4.78, 5) is 10.6. The maximum Gasteiger partial charge on any atom is 0.201 e. The molecule has 1 aromatic rings. The Morgan fingerprint density at radius 2 is 2.31 bits per heavy atom. The number of benzene rings is 1. The van der Waals surface area contributed by atoms with Crippen molar-refractivity contribution in [3.63, 3.8) is 0 Å². The van der Waals surface area contributed by atoms with Crippen LogP contribution in [-0.4, -0.2) is 53.6 Å². The number of amidine groups is 1. The van der Waals surface area contributed by atoms with Crippen LogP contribution in [0.25, 0.3) is 0 Å². The maximum absolute atomic E-state index is 13.5. The molecule has 29 heavy (non-hydrogen) atoms. The van der Waals surface area contributed by atoms with Gasteiger partial charge in [0.2, 0.25) is 5.96 Å². The smallest absolute Gasteiger partial charge is 0.201 e. The molecule has 2 aliphatic rings. The molecule has 2 aliphatic heterocycles. The van der Waals surface area contributed by atoms with E-state index in [-0.39, 0.29) is 12.6 Å². The Bertz CT molecular complexity index is 867. The van der Waals surface area contributed by atoms with Crippen LogP contribution < -0.4 is 10.6 Å². The fraction of sp³-hybridized carbons (Fsp3) is 0.550. The van der Waals surface area contributed by atoms with Crippen molar-refractivity contribution < 1.29 is 9.50 Å². The Labute approximate surface area is 175 Å². The van der Waals surface area contributed by atoms with Gasteiger partial charge in [-0.25, -0.2) is 9.38 Å². The molecule has 1 fully saturated rings. The fourth-order valence-corrected chi connectivity index (χ4v) is 3.86. The number of rotatable bonds is 4. The van der Waals surface area contributed by atoms with E-state index in [1.54, 1.807) is 11.0 Å². The first kappa shape index (κ1) is 21.5. The van der Waals surface area contributed by atoms with Crippen molar-refractivity contribution in [2.24, 2.45) is 15.9 Å². The number of nitriles is 1. The summed E-state index contributed by atoms with van der Waals surface area (Å²) in [5.74, 6) is 0.621. The van der Waals surface area contributed by atoms with Gasteiger partial charge in [-0.1, -0.05) is 11.6 Å². The molecule has 4 atom stereocenters. The second-order valence-corrected chi connectivity index (χ2v) is 7.79. The maximum atomic E-state index is 13.5. The van der Waals surface area contributed by atoms with Crippen molar-refractivity contribution in [3.8, 4) is 6.07 Å². The lowest BCUT2D eigenvalue weighted by atomic mass is 10.0. The number of aliphatic hydroxyl groups excluding tert-OH is 1. The quantitative estimate of drug-likeness (QED) is 0.695. The monoisotopic (exact) mass is 420 g/mol. The standard InChI is InChI=1S/C20H26ClFN6O/c1-4-24-18-15(9-23)12(3)25-20(27-18)26-17-7-11(2)14(8-16(17)21)19(29)28-6-5-13(22)10-28/h7-8,12-13,15,19,29H,4-6,10H2,1-3H3,(H2,24,25,26,27). The number of aryl methyl sites for hydroxylation is 1. The van der Waals surface area contributed by atoms with Gasteiger partial charge in [-0.15, -0.1) is 0 Å². The minimum Gasteiger partial charge on any atom is -0.374 e. The minimum atomic E-state index is -0.907. The van der Waals surface area contributed by atoms with E-state index in [1.807, 2.05) is 26.8 Å². The van der Waals surface area contributed by atoms with Crippen LogP contribution in [0.15, 0.2) is 22.1 Å². The summed E-state index contributed by atoms with van der Waals surface area (Å²) < 4.78 is 13.5. The lowest BCUT2D eigenvalue weighted by Crippen LogP contribution is -2.47. The van der Waals surface area contributed by atoms with Gasteiger partial charge in [0.05, 0.1) is 22.8 Å². The molecule has 0 saturated carbocycles. The second-order valence-electron chi connectivity index (χ2n) is 7.38. The lowest BCUT2D eigenvalue weighted by molar-refractivity contribution is 0.0145. The van der Waals surface area contributed by atoms with Crippen molar-refractivity contribution in [3.05, 3.63) is 28.3 Å².